The fourth-order valence-electron chi connectivity index (χ4n) is 3.28. The van der Waals surface area contributed by atoms with Crippen LogP contribution in [0.3, 0.4) is 0 Å². The first-order chi connectivity index (χ1) is 11.8. The largest absolute Gasteiger partial charge is 0.354 e. The summed E-state index contributed by atoms with van der Waals surface area (Å²) in [6.07, 6.45) is 4.38. The Balaban J connectivity index is 1.92. The lowest BCUT2D eigenvalue weighted by Gasteiger charge is -2.30. The summed E-state index contributed by atoms with van der Waals surface area (Å²) in [6.45, 7) is 4.42. The lowest BCUT2D eigenvalue weighted by atomic mass is 9.94. The van der Waals surface area contributed by atoms with E-state index in [4.69, 9.17) is 0 Å². The molecule has 1 aromatic carbocycles. The van der Waals surface area contributed by atoms with Gasteiger partial charge in [-0.2, -0.15) is 0 Å². The van der Waals surface area contributed by atoms with E-state index in [1.165, 1.54) is 4.31 Å². The van der Waals surface area contributed by atoms with Crippen LogP contribution in [0.15, 0.2) is 30.3 Å². The van der Waals surface area contributed by atoms with Gasteiger partial charge in [0, 0.05) is 6.54 Å². The number of hydrogen-bond acceptors (Lipinski definition) is 4. The number of anilines is 1. The molecule has 1 aliphatic rings. The van der Waals surface area contributed by atoms with Crippen molar-refractivity contribution in [3.63, 3.8) is 0 Å². The lowest BCUT2D eigenvalue weighted by Crippen LogP contribution is -2.48. The lowest BCUT2D eigenvalue weighted by molar-refractivity contribution is -0.121. The van der Waals surface area contributed by atoms with Gasteiger partial charge in [0.1, 0.15) is 6.04 Å². The number of hydrogen-bond donors (Lipinski definition) is 1. The van der Waals surface area contributed by atoms with Gasteiger partial charge in [-0.3, -0.25) is 9.10 Å². The Hall–Kier alpha value is -1.60. The molecule has 2 rings (SSSR count). The first kappa shape index (κ1) is 19.7. The molecular formula is C18H29N3O3S. The minimum absolute atomic E-state index is 0.262. The van der Waals surface area contributed by atoms with Crippen molar-refractivity contribution in [1.82, 2.24) is 10.2 Å². The summed E-state index contributed by atoms with van der Waals surface area (Å²) in [5.41, 5.74) is 0.503. The third-order valence-corrected chi connectivity index (χ3v) is 6.03. The van der Waals surface area contributed by atoms with Crippen LogP contribution in [0, 0.1) is 5.92 Å². The highest BCUT2D eigenvalue weighted by Gasteiger charge is 2.29. The number of carbonyl (C=O) groups is 1. The number of nitrogens with zero attached hydrogens (tertiary/aromatic N) is 2. The normalized spacial score (nSPS) is 17.9. The summed E-state index contributed by atoms with van der Waals surface area (Å²) < 4.78 is 25.5. The fourth-order valence-corrected chi connectivity index (χ4v) is 4.46. The highest BCUT2D eigenvalue weighted by Crippen LogP contribution is 2.21. The number of carbonyl (C=O) groups excluding carboxylic acids is 1. The van der Waals surface area contributed by atoms with E-state index < -0.39 is 16.1 Å². The van der Waals surface area contributed by atoms with E-state index >= 15 is 0 Å². The molecule has 25 heavy (non-hydrogen) atoms. The molecule has 7 heteroatoms. The molecule has 140 valence electrons. The van der Waals surface area contributed by atoms with Crippen LogP contribution in [0.1, 0.15) is 26.2 Å². The molecule has 0 saturated carbocycles. The SMILES string of the molecule is C[C@@H](C(=O)NCCC1CCN(C)CC1)N(c1ccccc1)S(C)(=O)=O. The van der Waals surface area contributed by atoms with Crippen molar-refractivity contribution < 1.29 is 13.2 Å². The Morgan fingerprint density at radius 3 is 2.44 bits per heavy atom. The van der Waals surface area contributed by atoms with Gasteiger partial charge >= 0.3 is 0 Å². The van der Waals surface area contributed by atoms with Gasteiger partial charge in [0.25, 0.3) is 0 Å². The van der Waals surface area contributed by atoms with Gasteiger partial charge < -0.3 is 10.2 Å². The summed E-state index contributed by atoms with van der Waals surface area (Å²) in [6, 6.07) is 7.95. The molecule has 1 atom stereocenters. The maximum Gasteiger partial charge on any atom is 0.243 e. The highest BCUT2D eigenvalue weighted by atomic mass is 32.2. The van der Waals surface area contributed by atoms with Gasteiger partial charge in [0.2, 0.25) is 15.9 Å². The molecular weight excluding hydrogens is 338 g/mol. The molecule has 0 radical (unpaired) electrons. The molecule has 6 nitrogen and oxygen atoms in total. The van der Waals surface area contributed by atoms with Gasteiger partial charge in [-0.05, 0) is 64.4 Å². The number of benzene rings is 1. The second kappa shape index (κ2) is 8.67. The molecule has 1 heterocycles. The summed E-state index contributed by atoms with van der Waals surface area (Å²) in [5.74, 6) is 0.370. The standard InChI is InChI=1S/C18H29N3O3S/c1-15(21(25(3,23)24)17-7-5-4-6-8-17)18(22)19-12-9-16-10-13-20(2)14-11-16/h4-8,15-16H,9-14H2,1-3H3,(H,19,22)/t15-/m0/s1. The second-order valence-electron chi connectivity index (χ2n) is 6.90. The van der Waals surface area contributed by atoms with Crippen molar-refractivity contribution >= 4 is 21.6 Å². The third kappa shape index (κ3) is 5.71. The minimum atomic E-state index is -3.55. The van der Waals surface area contributed by atoms with Crippen LogP contribution in [0.5, 0.6) is 0 Å². The van der Waals surface area contributed by atoms with Gasteiger partial charge in [-0.25, -0.2) is 8.42 Å². The zero-order valence-corrected chi connectivity index (χ0v) is 16.1. The minimum Gasteiger partial charge on any atom is -0.354 e. The van der Waals surface area contributed by atoms with E-state index in [-0.39, 0.29) is 5.91 Å². The van der Waals surface area contributed by atoms with Gasteiger partial charge in [0.05, 0.1) is 11.9 Å². The fraction of sp³-hybridized carbons (Fsp3) is 0.611. The zero-order chi connectivity index (χ0) is 18.4. The third-order valence-electron chi connectivity index (χ3n) is 4.79. The summed E-state index contributed by atoms with van der Waals surface area (Å²) in [5, 5.41) is 2.90. The van der Waals surface area contributed by atoms with E-state index in [2.05, 4.69) is 17.3 Å². The number of amides is 1. The van der Waals surface area contributed by atoms with E-state index in [0.717, 1.165) is 38.6 Å². The highest BCUT2D eigenvalue weighted by molar-refractivity contribution is 7.92. The molecule has 1 N–H and O–H groups in total. The maximum atomic E-state index is 12.5. The van der Waals surface area contributed by atoms with E-state index in [9.17, 15) is 13.2 Å². The molecule has 1 aromatic rings. The first-order valence-corrected chi connectivity index (χ1v) is 10.6. The maximum absolute atomic E-state index is 12.5. The Bertz CT molecular complexity index is 655. The van der Waals surface area contributed by atoms with Crippen molar-refractivity contribution in [2.24, 2.45) is 5.92 Å². The van der Waals surface area contributed by atoms with Gasteiger partial charge in [0.15, 0.2) is 0 Å². The van der Waals surface area contributed by atoms with E-state index in [1.54, 1.807) is 31.2 Å². The van der Waals surface area contributed by atoms with Crippen LogP contribution in [-0.4, -0.2) is 58.2 Å². The zero-order valence-electron chi connectivity index (χ0n) is 15.3. The average molecular weight is 368 g/mol. The summed E-state index contributed by atoms with van der Waals surface area (Å²) >= 11 is 0. The van der Waals surface area contributed by atoms with Crippen LogP contribution in [0.2, 0.25) is 0 Å². The molecule has 1 amide bonds. The smallest absolute Gasteiger partial charge is 0.243 e. The van der Waals surface area contributed by atoms with Crippen LogP contribution in [0.25, 0.3) is 0 Å². The van der Waals surface area contributed by atoms with Crippen molar-refractivity contribution in [3.8, 4) is 0 Å². The number of likely N-dealkylation sites (tertiary alicyclic amines) is 1. The van der Waals surface area contributed by atoms with E-state index in [0.29, 0.717) is 18.2 Å². The molecule has 1 fully saturated rings. The Morgan fingerprint density at radius 1 is 1.28 bits per heavy atom. The summed E-state index contributed by atoms with van der Waals surface area (Å²) in [7, 11) is -1.42. The quantitative estimate of drug-likeness (QED) is 0.796. The number of piperidine rings is 1. The van der Waals surface area contributed by atoms with E-state index in [1.807, 2.05) is 6.07 Å². The van der Waals surface area contributed by atoms with Crippen molar-refractivity contribution in [2.75, 3.05) is 37.2 Å². The molecule has 1 saturated heterocycles. The Kier molecular flexibility index (Phi) is 6.84. The molecule has 0 spiro atoms. The number of sulfonamides is 1. The average Bonchev–Trinajstić information content (AvgIpc) is 2.56. The van der Waals surface area contributed by atoms with Gasteiger partial charge in [-0.15, -0.1) is 0 Å². The van der Waals surface area contributed by atoms with Gasteiger partial charge in [-0.1, -0.05) is 18.2 Å². The van der Waals surface area contributed by atoms with Crippen LogP contribution >= 0.6 is 0 Å². The molecule has 0 aromatic heterocycles. The number of rotatable bonds is 7. The van der Waals surface area contributed by atoms with Crippen molar-refractivity contribution in [3.05, 3.63) is 30.3 Å². The molecule has 0 aliphatic carbocycles. The number of nitrogens with one attached hydrogen (secondary N) is 1. The monoisotopic (exact) mass is 367 g/mol. The van der Waals surface area contributed by atoms with Crippen molar-refractivity contribution in [1.29, 1.82) is 0 Å². The predicted octanol–water partition coefficient (Wildman–Crippen LogP) is 1.69. The van der Waals surface area contributed by atoms with Crippen LogP contribution < -0.4 is 9.62 Å². The Morgan fingerprint density at radius 2 is 1.88 bits per heavy atom. The van der Waals surface area contributed by atoms with Crippen LogP contribution in [-0.2, 0) is 14.8 Å². The molecule has 0 bridgehead atoms. The van der Waals surface area contributed by atoms with Crippen LogP contribution in [0.4, 0.5) is 5.69 Å². The predicted molar refractivity (Wildman–Crippen MR) is 101 cm³/mol. The second-order valence-corrected chi connectivity index (χ2v) is 8.76. The van der Waals surface area contributed by atoms with Crippen molar-refractivity contribution in [2.45, 2.75) is 32.2 Å². The first-order valence-electron chi connectivity index (χ1n) is 8.79. The number of para-hydroxylation sites is 1. The molecule has 0 unspecified atom stereocenters. The molecule has 1 aliphatic heterocycles. The summed E-state index contributed by atoms with van der Waals surface area (Å²) in [4.78, 5) is 14.8. The Labute approximate surface area is 151 Å². The topological polar surface area (TPSA) is 69.7 Å².